The minimum absolute atomic E-state index is 0.226. The Kier molecular flexibility index (Phi) is 5.65. The van der Waals surface area contributed by atoms with Crippen LogP contribution in [0.2, 0.25) is 0 Å². The number of fused-ring (bicyclic) bond motifs is 1. The second kappa shape index (κ2) is 8.40. The lowest BCUT2D eigenvalue weighted by atomic mass is 9.95. The Hall–Kier alpha value is -3.38. The summed E-state index contributed by atoms with van der Waals surface area (Å²) in [7, 11) is -4.06. The van der Waals surface area contributed by atoms with Crippen molar-refractivity contribution >= 4 is 32.9 Å². The number of hydrogen-bond acceptors (Lipinski definition) is 3. The fourth-order valence-corrected chi connectivity index (χ4v) is 5.62. The average molecular weight is 433 g/mol. The molecule has 1 N–H and O–H groups in total. The molecule has 6 heteroatoms. The highest BCUT2D eigenvalue weighted by molar-refractivity contribution is 7.97. The molecule has 0 spiro atoms. The molecule has 1 amide bonds. The first kappa shape index (κ1) is 20.9. The zero-order chi connectivity index (χ0) is 22.0. The Morgan fingerprint density at radius 3 is 2.16 bits per heavy atom. The van der Waals surface area contributed by atoms with Gasteiger partial charge in [0.2, 0.25) is 0 Å². The van der Waals surface area contributed by atoms with Crippen LogP contribution in [0.15, 0.2) is 83.8 Å². The Bertz CT molecular complexity index is 1250. The molecule has 158 valence electrons. The Balaban J connectivity index is 1.93. The van der Waals surface area contributed by atoms with Crippen molar-refractivity contribution in [2.24, 2.45) is 0 Å². The van der Waals surface area contributed by atoms with Gasteiger partial charge in [0.15, 0.2) is 4.91 Å². The molecule has 4 rings (SSSR count). The summed E-state index contributed by atoms with van der Waals surface area (Å²) in [5, 5.41) is 2.79. The summed E-state index contributed by atoms with van der Waals surface area (Å²) in [6, 6.07) is 23.9. The predicted molar refractivity (Wildman–Crippen MR) is 125 cm³/mol. The molecule has 1 heterocycles. The lowest BCUT2D eigenvalue weighted by molar-refractivity contribution is -0.112. The third-order valence-corrected chi connectivity index (χ3v) is 7.33. The maximum Gasteiger partial charge on any atom is 0.270 e. The van der Waals surface area contributed by atoms with Gasteiger partial charge in [-0.15, -0.1) is 0 Å². The van der Waals surface area contributed by atoms with Crippen molar-refractivity contribution in [2.45, 2.75) is 20.3 Å². The summed E-state index contributed by atoms with van der Waals surface area (Å²) in [5.74, 6) is -0.643. The third kappa shape index (κ3) is 3.75. The van der Waals surface area contributed by atoms with E-state index in [2.05, 4.69) is 12.2 Å². The van der Waals surface area contributed by atoms with E-state index < -0.39 is 15.9 Å². The maximum atomic E-state index is 13.6. The molecule has 0 bridgehead atoms. The van der Waals surface area contributed by atoms with Crippen LogP contribution in [0.3, 0.4) is 0 Å². The number of rotatable bonds is 5. The van der Waals surface area contributed by atoms with Crippen molar-refractivity contribution in [3.8, 4) is 0 Å². The number of hydrogen-bond donors (Lipinski definition) is 1. The maximum absolute atomic E-state index is 13.6. The molecule has 0 radical (unpaired) electrons. The SMILES string of the molecule is CCc1ccc(NC(=O)C2=C(c3ccccc3)c3ccccc3N(CC)S2(=O)=O)cc1. The van der Waals surface area contributed by atoms with E-state index in [-0.39, 0.29) is 11.4 Å². The van der Waals surface area contributed by atoms with E-state index in [0.29, 0.717) is 22.5 Å². The second-order valence-corrected chi connectivity index (χ2v) is 9.06. The van der Waals surface area contributed by atoms with Crippen LogP contribution in [0.4, 0.5) is 11.4 Å². The highest BCUT2D eigenvalue weighted by Crippen LogP contribution is 2.42. The third-order valence-electron chi connectivity index (χ3n) is 5.39. The molecule has 1 aliphatic rings. The molecule has 3 aromatic carbocycles. The molecule has 0 unspecified atom stereocenters. The van der Waals surface area contributed by atoms with Gasteiger partial charge in [-0.3, -0.25) is 9.10 Å². The van der Waals surface area contributed by atoms with Gasteiger partial charge in [-0.25, -0.2) is 8.42 Å². The molecule has 31 heavy (non-hydrogen) atoms. The first-order valence-electron chi connectivity index (χ1n) is 10.3. The van der Waals surface area contributed by atoms with Gasteiger partial charge in [0.05, 0.1) is 5.69 Å². The van der Waals surface area contributed by atoms with Crippen molar-refractivity contribution < 1.29 is 13.2 Å². The number of nitrogens with zero attached hydrogens (tertiary/aromatic N) is 1. The highest BCUT2D eigenvalue weighted by atomic mass is 32.2. The number of carbonyl (C=O) groups is 1. The van der Waals surface area contributed by atoms with Crippen LogP contribution >= 0.6 is 0 Å². The topological polar surface area (TPSA) is 66.5 Å². The van der Waals surface area contributed by atoms with E-state index in [0.717, 1.165) is 17.5 Å². The molecule has 5 nitrogen and oxygen atoms in total. The number of sulfonamides is 1. The summed E-state index contributed by atoms with van der Waals surface area (Å²) < 4.78 is 28.6. The summed E-state index contributed by atoms with van der Waals surface area (Å²) in [6.45, 7) is 4.04. The average Bonchev–Trinajstić information content (AvgIpc) is 2.79. The number of anilines is 2. The number of amides is 1. The van der Waals surface area contributed by atoms with Crippen LogP contribution in [0, 0.1) is 0 Å². The fourth-order valence-electron chi connectivity index (χ4n) is 3.87. The highest BCUT2D eigenvalue weighted by Gasteiger charge is 2.40. The summed E-state index contributed by atoms with van der Waals surface area (Å²) in [4.78, 5) is 13.2. The number of aryl methyl sites for hydroxylation is 1. The van der Waals surface area contributed by atoms with Crippen LogP contribution in [0.25, 0.3) is 5.57 Å². The molecule has 0 aliphatic carbocycles. The van der Waals surface area contributed by atoms with Crippen LogP contribution in [-0.4, -0.2) is 20.9 Å². The Labute approximate surface area is 183 Å². The van der Waals surface area contributed by atoms with Gasteiger partial charge in [0.1, 0.15) is 0 Å². The smallest absolute Gasteiger partial charge is 0.270 e. The predicted octanol–water partition coefficient (Wildman–Crippen LogP) is 4.82. The van der Waals surface area contributed by atoms with Gasteiger partial charge in [0.25, 0.3) is 15.9 Å². The number of para-hydroxylation sites is 1. The van der Waals surface area contributed by atoms with Crippen LogP contribution in [0.5, 0.6) is 0 Å². The van der Waals surface area contributed by atoms with E-state index in [1.54, 1.807) is 31.2 Å². The minimum atomic E-state index is -4.06. The Morgan fingerprint density at radius 1 is 0.871 bits per heavy atom. The van der Waals surface area contributed by atoms with Gasteiger partial charge in [-0.05, 0) is 42.7 Å². The molecule has 0 fully saturated rings. The van der Waals surface area contributed by atoms with Crippen molar-refractivity contribution in [1.29, 1.82) is 0 Å². The largest absolute Gasteiger partial charge is 0.321 e. The summed E-state index contributed by atoms with van der Waals surface area (Å²) in [6.07, 6.45) is 0.883. The van der Waals surface area contributed by atoms with E-state index in [1.807, 2.05) is 54.6 Å². The summed E-state index contributed by atoms with van der Waals surface area (Å²) in [5.41, 5.74) is 4.09. The van der Waals surface area contributed by atoms with Crippen LogP contribution in [0.1, 0.15) is 30.5 Å². The molecular weight excluding hydrogens is 408 g/mol. The minimum Gasteiger partial charge on any atom is -0.321 e. The van der Waals surface area contributed by atoms with E-state index >= 15 is 0 Å². The standard InChI is InChI=1S/C25H24N2O3S/c1-3-18-14-16-20(17-15-18)26-25(28)24-23(19-10-6-5-7-11-19)21-12-8-9-13-22(21)27(4-2)31(24,29)30/h5-17H,3-4H2,1-2H3,(H,26,28). The van der Waals surface area contributed by atoms with Gasteiger partial charge >= 0.3 is 0 Å². The van der Waals surface area contributed by atoms with Crippen molar-refractivity contribution in [3.05, 3.63) is 100 Å². The van der Waals surface area contributed by atoms with Crippen LogP contribution in [-0.2, 0) is 21.2 Å². The molecular formula is C25H24N2O3S. The molecule has 3 aromatic rings. The van der Waals surface area contributed by atoms with Gasteiger partial charge in [-0.2, -0.15) is 0 Å². The monoisotopic (exact) mass is 432 g/mol. The van der Waals surface area contributed by atoms with Crippen LogP contribution < -0.4 is 9.62 Å². The summed E-state index contributed by atoms with van der Waals surface area (Å²) >= 11 is 0. The van der Waals surface area contributed by atoms with Crippen molar-refractivity contribution in [2.75, 3.05) is 16.2 Å². The molecule has 0 aromatic heterocycles. The molecule has 0 atom stereocenters. The van der Waals surface area contributed by atoms with E-state index in [4.69, 9.17) is 0 Å². The molecule has 1 aliphatic heterocycles. The Morgan fingerprint density at radius 2 is 1.52 bits per heavy atom. The lowest BCUT2D eigenvalue weighted by Crippen LogP contribution is -2.39. The number of benzene rings is 3. The van der Waals surface area contributed by atoms with Crippen molar-refractivity contribution in [3.63, 3.8) is 0 Å². The fraction of sp³-hybridized carbons (Fsp3) is 0.160. The first-order chi connectivity index (χ1) is 15.0. The van der Waals surface area contributed by atoms with E-state index in [9.17, 15) is 13.2 Å². The lowest BCUT2D eigenvalue weighted by Gasteiger charge is -2.32. The zero-order valence-electron chi connectivity index (χ0n) is 17.5. The number of nitrogens with one attached hydrogen (secondary N) is 1. The number of carbonyl (C=O) groups excluding carboxylic acids is 1. The van der Waals surface area contributed by atoms with Gasteiger partial charge < -0.3 is 5.32 Å². The molecule has 0 saturated carbocycles. The van der Waals surface area contributed by atoms with E-state index in [1.165, 1.54) is 4.31 Å². The second-order valence-electron chi connectivity index (χ2n) is 7.26. The zero-order valence-corrected chi connectivity index (χ0v) is 18.3. The quantitative estimate of drug-likeness (QED) is 0.629. The molecule has 0 saturated heterocycles. The van der Waals surface area contributed by atoms with Gasteiger partial charge in [-0.1, -0.05) is 67.6 Å². The van der Waals surface area contributed by atoms with Gasteiger partial charge in [0, 0.05) is 23.4 Å². The van der Waals surface area contributed by atoms with Crippen molar-refractivity contribution in [1.82, 2.24) is 0 Å². The normalized spacial score (nSPS) is 14.8. The first-order valence-corrected chi connectivity index (χ1v) is 11.7.